The summed E-state index contributed by atoms with van der Waals surface area (Å²) < 4.78 is 26.5. The van der Waals surface area contributed by atoms with Crippen LogP contribution in [-0.2, 0) is 28.2 Å². The van der Waals surface area contributed by atoms with Gasteiger partial charge in [-0.05, 0) is 64.2 Å². The number of esters is 2. The molecule has 9 heteroatoms. The Kier molecular flexibility index (Phi) is 42.0. The van der Waals surface area contributed by atoms with Crippen LogP contribution in [0.25, 0.3) is 0 Å². The molecule has 0 fully saturated rings. The largest absolute Gasteiger partial charge is 0.469 e. The first kappa shape index (κ1) is 54.5. The Morgan fingerprint density at radius 1 is 0.446 bits per heavy atom. The maximum absolute atomic E-state index is 12.5. The molecule has 0 rings (SSSR count). The summed E-state index contributed by atoms with van der Waals surface area (Å²) in [6.07, 6.45) is 50.4. The summed E-state index contributed by atoms with van der Waals surface area (Å²) >= 11 is 0. The van der Waals surface area contributed by atoms with E-state index in [0.717, 1.165) is 51.4 Å². The molecule has 0 spiro atoms. The lowest BCUT2D eigenvalue weighted by atomic mass is 10.0. The van der Waals surface area contributed by atoms with Gasteiger partial charge in [0.25, 0.3) is 0 Å². The number of phosphoric acid groups is 1. The summed E-state index contributed by atoms with van der Waals surface area (Å²) in [4.78, 5) is 43.0. The molecule has 0 aromatic rings. The minimum Gasteiger partial charge on any atom is -0.462 e. The highest BCUT2D eigenvalue weighted by atomic mass is 31.2. The average molecular weight is 813 g/mol. The maximum atomic E-state index is 12.5. The van der Waals surface area contributed by atoms with Crippen molar-refractivity contribution in [1.29, 1.82) is 0 Å². The van der Waals surface area contributed by atoms with Gasteiger partial charge in [-0.1, -0.05) is 192 Å². The molecule has 0 saturated heterocycles. The van der Waals surface area contributed by atoms with Gasteiger partial charge in [-0.2, -0.15) is 0 Å². The quantitative estimate of drug-likeness (QED) is 0.0270. The second kappa shape index (κ2) is 43.1. The van der Waals surface area contributed by atoms with Crippen molar-refractivity contribution in [3.05, 3.63) is 24.3 Å². The Bertz CT molecular complexity index is 962. The van der Waals surface area contributed by atoms with Gasteiger partial charge in [-0.15, -0.1) is 0 Å². The van der Waals surface area contributed by atoms with E-state index in [1.165, 1.54) is 161 Å². The molecule has 0 unspecified atom stereocenters. The summed E-state index contributed by atoms with van der Waals surface area (Å²) in [5, 5.41) is 0. The zero-order valence-electron chi connectivity index (χ0n) is 36.5. The number of phosphoric ester groups is 1. The van der Waals surface area contributed by atoms with Crippen LogP contribution in [0.1, 0.15) is 245 Å². The fraction of sp³-hybridized carbons (Fsp3) is 0.872. The standard InChI is InChI=1S/C47H89O8P/c1-3-5-7-9-11-13-15-17-19-21-22-23-24-26-28-30-32-34-36-38-40-42-47(49)55-45(44-54-56(50,51)52)43-53-46(48)41-39-37-35-33-31-29-27-25-20-18-16-14-12-10-8-6-4-2/h17-20,45H,3-16,21-44H2,1-2H3,(H2,50,51,52)/b19-17+,20-18+/t45-/m1/s1. The summed E-state index contributed by atoms with van der Waals surface area (Å²) in [7, 11) is -4.76. The van der Waals surface area contributed by atoms with Gasteiger partial charge in [0.05, 0.1) is 6.61 Å². The fourth-order valence-corrected chi connectivity index (χ4v) is 7.25. The van der Waals surface area contributed by atoms with E-state index < -0.39 is 32.5 Å². The molecular weight excluding hydrogens is 723 g/mol. The number of unbranched alkanes of at least 4 members (excludes halogenated alkanes) is 30. The van der Waals surface area contributed by atoms with Gasteiger partial charge < -0.3 is 19.3 Å². The number of allylic oxidation sites excluding steroid dienone is 4. The molecule has 56 heavy (non-hydrogen) atoms. The number of carbonyl (C=O) groups is 2. The summed E-state index contributed by atoms with van der Waals surface area (Å²) in [5.41, 5.74) is 0. The Hall–Kier alpha value is -1.47. The van der Waals surface area contributed by atoms with Crippen molar-refractivity contribution in [2.75, 3.05) is 13.2 Å². The van der Waals surface area contributed by atoms with Crippen LogP contribution in [0.5, 0.6) is 0 Å². The number of rotatable bonds is 44. The molecule has 0 radical (unpaired) electrons. The van der Waals surface area contributed by atoms with Gasteiger partial charge in [0, 0.05) is 12.8 Å². The molecule has 0 aromatic heterocycles. The van der Waals surface area contributed by atoms with Crippen molar-refractivity contribution in [2.45, 2.75) is 251 Å². The zero-order chi connectivity index (χ0) is 41.1. The smallest absolute Gasteiger partial charge is 0.462 e. The van der Waals surface area contributed by atoms with Crippen LogP contribution >= 0.6 is 7.82 Å². The van der Waals surface area contributed by atoms with E-state index in [4.69, 9.17) is 19.3 Å². The van der Waals surface area contributed by atoms with E-state index >= 15 is 0 Å². The molecule has 330 valence electrons. The number of hydrogen-bond donors (Lipinski definition) is 2. The predicted octanol–water partition coefficient (Wildman–Crippen LogP) is 14.7. The number of hydrogen-bond acceptors (Lipinski definition) is 6. The Labute approximate surface area is 345 Å². The van der Waals surface area contributed by atoms with Gasteiger partial charge in [0.1, 0.15) is 6.61 Å². The Balaban J connectivity index is 3.84. The van der Waals surface area contributed by atoms with Gasteiger partial charge in [-0.25, -0.2) is 4.57 Å². The predicted molar refractivity (Wildman–Crippen MR) is 235 cm³/mol. The lowest BCUT2D eigenvalue weighted by molar-refractivity contribution is -0.161. The first-order valence-electron chi connectivity index (χ1n) is 23.6. The highest BCUT2D eigenvalue weighted by molar-refractivity contribution is 7.46. The minimum atomic E-state index is -4.76. The normalized spacial score (nSPS) is 12.6. The van der Waals surface area contributed by atoms with Crippen LogP contribution in [0.3, 0.4) is 0 Å². The van der Waals surface area contributed by atoms with E-state index in [-0.39, 0.29) is 19.4 Å². The van der Waals surface area contributed by atoms with Crippen LogP contribution in [-0.4, -0.2) is 41.0 Å². The third-order valence-corrected chi connectivity index (χ3v) is 10.9. The molecule has 8 nitrogen and oxygen atoms in total. The molecule has 2 N–H and O–H groups in total. The van der Waals surface area contributed by atoms with Crippen molar-refractivity contribution in [3.8, 4) is 0 Å². The van der Waals surface area contributed by atoms with E-state index in [1.807, 2.05) is 0 Å². The van der Waals surface area contributed by atoms with E-state index in [1.54, 1.807) is 0 Å². The lowest BCUT2D eigenvalue weighted by Crippen LogP contribution is -2.29. The molecule has 0 aromatic carbocycles. The Morgan fingerprint density at radius 2 is 0.750 bits per heavy atom. The van der Waals surface area contributed by atoms with Crippen molar-refractivity contribution in [2.24, 2.45) is 0 Å². The summed E-state index contributed by atoms with van der Waals surface area (Å²) in [6, 6.07) is 0. The summed E-state index contributed by atoms with van der Waals surface area (Å²) in [6.45, 7) is 3.71. The maximum Gasteiger partial charge on any atom is 0.469 e. The fourth-order valence-electron chi connectivity index (χ4n) is 6.89. The first-order valence-corrected chi connectivity index (χ1v) is 25.2. The van der Waals surface area contributed by atoms with Gasteiger partial charge >= 0.3 is 19.8 Å². The Morgan fingerprint density at radius 3 is 1.09 bits per heavy atom. The van der Waals surface area contributed by atoms with E-state index in [0.29, 0.717) is 6.42 Å². The molecule has 0 saturated carbocycles. The van der Waals surface area contributed by atoms with Crippen LogP contribution in [0.15, 0.2) is 24.3 Å². The second-order valence-electron chi connectivity index (χ2n) is 16.1. The topological polar surface area (TPSA) is 119 Å². The van der Waals surface area contributed by atoms with Gasteiger partial charge in [0.2, 0.25) is 0 Å². The van der Waals surface area contributed by atoms with Crippen molar-refractivity contribution < 1.29 is 37.9 Å². The van der Waals surface area contributed by atoms with Crippen LogP contribution in [0.2, 0.25) is 0 Å². The van der Waals surface area contributed by atoms with Crippen LogP contribution < -0.4 is 0 Å². The monoisotopic (exact) mass is 813 g/mol. The molecule has 0 bridgehead atoms. The third kappa shape index (κ3) is 45.2. The van der Waals surface area contributed by atoms with Gasteiger partial charge in [0.15, 0.2) is 6.10 Å². The van der Waals surface area contributed by atoms with E-state index in [9.17, 15) is 14.2 Å². The summed E-state index contributed by atoms with van der Waals surface area (Å²) in [5.74, 6) is -0.880. The molecule has 0 heterocycles. The lowest BCUT2D eigenvalue weighted by Gasteiger charge is -2.18. The molecule has 0 aliphatic carbocycles. The highest BCUT2D eigenvalue weighted by Gasteiger charge is 2.23. The average Bonchev–Trinajstić information content (AvgIpc) is 3.17. The molecule has 0 aliphatic rings. The number of carbonyl (C=O) groups excluding carboxylic acids is 2. The third-order valence-electron chi connectivity index (χ3n) is 10.4. The minimum absolute atomic E-state index is 0.213. The molecule has 1 atom stereocenters. The van der Waals surface area contributed by atoms with Crippen LogP contribution in [0, 0.1) is 0 Å². The number of ether oxygens (including phenoxy) is 2. The first-order chi connectivity index (χ1) is 27.3. The van der Waals surface area contributed by atoms with Crippen molar-refractivity contribution in [1.82, 2.24) is 0 Å². The van der Waals surface area contributed by atoms with Crippen molar-refractivity contribution >= 4 is 19.8 Å². The highest BCUT2D eigenvalue weighted by Crippen LogP contribution is 2.36. The van der Waals surface area contributed by atoms with E-state index in [2.05, 4.69) is 42.7 Å². The van der Waals surface area contributed by atoms with Crippen molar-refractivity contribution in [3.63, 3.8) is 0 Å². The molecule has 0 aliphatic heterocycles. The zero-order valence-corrected chi connectivity index (χ0v) is 37.4. The SMILES string of the molecule is CCCCCCCC/C=C/CCCCCCCCCCCCCC(=O)O[C@H](COC(=O)CCCCCCCCC/C=C/CCCCCCCC)COP(=O)(O)O. The van der Waals surface area contributed by atoms with Gasteiger partial charge in [-0.3, -0.25) is 14.1 Å². The van der Waals surface area contributed by atoms with Crippen LogP contribution in [0.4, 0.5) is 0 Å². The molecular formula is C47H89O8P. The molecule has 0 amide bonds. The second-order valence-corrected chi connectivity index (χ2v) is 17.3.